The molecule has 1 aromatic heterocycles. The first-order valence-corrected chi connectivity index (χ1v) is 7.90. The quantitative estimate of drug-likeness (QED) is 0.861. The van der Waals surface area contributed by atoms with Crippen molar-refractivity contribution in [3.8, 4) is 0 Å². The number of carbonyl (C=O) groups excluding carboxylic acids is 1. The second-order valence-electron chi connectivity index (χ2n) is 4.77. The molecule has 1 amide bonds. The second-order valence-corrected chi connectivity index (χ2v) is 7.00. The summed E-state index contributed by atoms with van der Waals surface area (Å²) in [5.41, 5.74) is 0. The number of aryl methyl sites for hydroxylation is 1. The maximum absolute atomic E-state index is 12.3. The fourth-order valence-corrected chi connectivity index (χ4v) is 3.74. The maximum Gasteiger partial charge on any atom is 0.305 e. The predicted octanol–water partition coefficient (Wildman–Crippen LogP) is 0.302. The van der Waals surface area contributed by atoms with E-state index >= 15 is 0 Å². The summed E-state index contributed by atoms with van der Waals surface area (Å²) < 4.78 is 28.4. The number of nitrogens with zero attached hydrogens (tertiary/aromatic N) is 1. The lowest BCUT2D eigenvalue weighted by molar-refractivity contribution is -0.138. The molecule has 110 valence electrons. The number of carbonyl (C=O) groups is 2. The highest BCUT2D eigenvalue weighted by Gasteiger charge is 2.36. The minimum Gasteiger partial charge on any atom is -0.481 e. The van der Waals surface area contributed by atoms with Crippen LogP contribution in [0, 0.1) is 6.92 Å². The topological polar surface area (TPSA) is 105 Å². The van der Waals surface area contributed by atoms with Crippen molar-refractivity contribution in [3.05, 3.63) is 23.7 Å². The van der Waals surface area contributed by atoms with Crippen molar-refractivity contribution in [2.24, 2.45) is 0 Å². The fraction of sp³-hybridized carbons (Fsp3) is 0.500. The van der Waals surface area contributed by atoms with Crippen LogP contribution in [0.5, 0.6) is 0 Å². The van der Waals surface area contributed by atoms with Crippen molar-refractivity contribution in [1.29, 1.82) is 0 Å². The van der Waals surface area contributed by atoms with E-state index in [0.717, 1.165) is 0 Å². The van der Waals surface area contributed by atoms with Gasteiger partial charge in [-0.25, -0.2) is 8.42 Å². The molecular weight excluding hydrogens is 286 g/mol. The van der Waals surface area contributed by atoms with Crippen LogP contribution in [0.15, 0.2) is 16.5 Å². The largest absolute Gasteiger partial charge is 0.481 e. The molecule has 1 fully saturated rings. The van der Waals surface area contributed by atoms with E-state index < -0.39 is 34.2 Å². The Labute approximate surface area is 116 Å². The highest BCUT2D eigenvalue weighted by Crippen LogP contribution is 2.19. The van der Waals surface area contributed by atoms with Crippen molar-refractivity contribution in [2.75, 3.05) is 18.1 Å². The molecule has 1 atom stereocenters. The van der Waals surface area contributed by atoms with Gasteiger partial charge >= 0.3 is 5.97 Å². The summed E-state index contributed by atoms with van der Waals surface area (Å²) in [4.78, 5) is 24.4. The van der Waals surface area contributed by atoms with Gasteiger partial charge in [-0.15, -0.1) is 0 Å². The summed E-state index contributed by atoms with van der Waals surface area (Å²) in [5.74, 6) is -1.44. The number of carboxylic acids is 1. The smallest absolute Gasteiger partial charge is 0.305 e. The Balaban J connectivity index is 2.23. The van der Waals surface area contributed by atoms with E-state index in [-0.39, 0.29) is 23.8 Å². The molecule has 2 rings (SSSR count). The van der Waals surface area contributed by atoms with Gasteiger partial charge in [0.25, 0.3) is 5.91 Å². The van der Waals surface area contributed by atoms with Gasteiger partial charge < -0.3 is 14.4 Å². The number of sulfone groups is 1. The number of rotatable bonds is 3. The molecule has 1 saturated heterocycles. The monoisotopic (exact) mass is 301 g/mol. The Morgan fingerprint density at radius 1 is 1.45 bits per heavy atom. The van der Waals surface area contributed by atoms with Gasteiger partial charge in [0, 0.05) is 6.54 Å². The minimum atomic E-state index is -3.31. The maximum atomic E-state index is 12.3. The Morgan fingerprint density at radius 2 is 2.15 bits per heavy atom. The number of furan rings is 1. The molecule has 0 spiro atoms. The highest BCUT2D eigenvalue weighted by atomic mass is 32.2. The van der Waals surface area contributed by atoms with E-state index in [1.165, 1.54) is 11.0 Å². The van der Waals surface area contributed by atoms with Crippen LogP contribution < -0.4 is 0 Å². The van der Waals surface area contributed by atoms with Crippen LogP contribution in [0.25, 0.3) is 0 Å². The summed E-state index contributed by atoms with van der Waals surface area (Å²) in [6.45, 7) is 1.67. The van der Waals surface area contributed by atoms with Crippen molar-refractivity contribution in [1.82, 2.24) is 4.90 Å². The molecule has 1 unspecified atom stereocenters. The number of carboxylic acid groups (broad SMARTS) is 1. The van der Waals surface area contributed by atoms with Crippen LogP contribution in [0.4, 0.5) is 0 Å². The van der Waals surface area contributed by atoms with Gasteiger partial charge in [-0.3, -0.25) is 9.59 Å². The summed E-state index contributed by atoms with van der Waals surface area (Å²) in [5, 5.41) is 8.85. The molecule has 0 saturated carbocycles. The van der Waals surface area contributed by atoms with E-state index in [0.29, 0.717) is 5.76 Å². The lowest BCUT2D eigenvalue weighted by Crippen LogP contribution is -2.51. The summed E-state index contributed by atoms with van der Waals surface area (Å²) in [6, 6.07) is 2.27. The van der Waals surface area contributed by atoms with Gasteiger partial charge in [-0.05, 0) is 19.1 Å². The zero-order valence-electron chi connectivity index (χ0n) is 10.9. The Morgan fingerprint density at radius 3 is 2.70 bits per heavy atom. The normalized spacial score (nSPS) is 21.6. The Bertz CT molecular complexity index is 632. The van der Waals surface area contributed by atoms with Crippen LogP contribution in [0.3, 0.4) is 0 Å². The molecular formula is C12H15NO6S. The summed E-state index contributed by atoms with van der Waals surface area (Å²) in [6.07, 6.45) is -0.398. The van der Waals surface area contributed by atoms with Crippen molar-refractivity contribution in [3.63, 3.8) is 0 Å². The third kappa shape index (κ3) is 3.19. The lowest BCUT2D eigenvalue weighted by Gasteiger charge is -2.34. The third-order valence-corrected chi connectivity index (χ3v) is 4.85. The molecule has 1 aliphatic rings. The summed E-state index contributed by atoms with van der Waals surface area (Å²) >= 11 is 0. The third-order valence-electron chi connectivity index (χ3n) is 3.15. The van der Waals surface area contributed by atoms with Gasteiger partial charge in [0.2, 0.25) is 0 Å². The Kier molecular flexibility index (Phi) is 3.85. The van der Waals surface area contributed by atoms with Crippen molar-refractivity contribution >= 4 is 21.7 Å². The van der Waals surface area contributed by atoms with Crippen LogP contribution >= 0.6 is 0 Å². The molecule has 0 bridgehead atoms. The molecule has 0 aromatic carbocycles. The molecule has 2 heterocycles. The Hall–Kier alpha value is -1.83. The van der Waals surface area contributed by atoms with Gasteiger partial charge in [0.15, 0.2) is 15.6 Å². The molecule has 8 heteroatoms. The zero-order valence-corrected chi connectivity index (χ0v) is 11.7. The van der Waals surface area contributed by atoms with Crippen molar-refractivity contribution in [2.45, 2.75) is 19.4 Å². The van der Waals surface area contributed by atoms with Gasteiger partial charge in [-0.1, -0.05) is 0 Å². The van der Waals surface area contributed by atoms with Gasteiger partial charge in [0.05, 0.1) is 24.0 Å². The van der Waals surface area contributed by atoms with Gasteiger partial charge in [-0.2, -0.15) is 0 Å². The van der Waals surface area contributed by atoms with Gasteiger partial charge in [0.1, 0.15) is 5.76 Å². The SMILES string of the molecule is Cc1ccc(C(=O)N2CCS(=O)(=O)CC2CC(=O)O)o1. The van der Waals surface area contributed by atoms with Crippen LogP contribution in [0.1, 0.15) is 22.7 Å². The molecule has 1 aliphatic heterocycles. The first kappa shape index (κ1) is 14.6. The zero-order chi connectivity index (χ0) is 14.9. The first-order valence-electron chi connectivity index (χ1n) is 6.08. The van der Waals surface area contributed by atoms with E-state index in [1.807, 2.05) is 0 Å². The molecule has 0 aliphatic carbocycles. The summed E-state index contributed by atoms with van der Waals surface area (Å²) in [7, 11) is -3.31. The fourth-order valence-electron chi connectivity index (χ4n) is 2.22. The van der Waals surface area contributed by atoms with Crippen LogP contribution in [-0.2, 0) is 14.6 Å². The van der Waals surface area contributed by atoms with E-state index in [1.54, 1.807) is 13.0 Å². The molecule has 0 radical (unpaired) electrons. The number of aliphatic carboxylic acids is 1. The average molecular weight is 301 g/mol. The van der Waals surface area contributed by atoms with Crippen LogP contribution in [-0.4, -0.2) is 54.4 Å². The number of hydrogen-bond acceptors (Lipinski definition) is 5. The number of hydrogen-bond donors (Lipinski definition) is 1. The van der Waals surface area contributed by atoms with Crippen LogP contribution in [0.2, 0.25) is 0 Å². The molecule has 1 N–H and O–H groups in total. The minimum absolute atomic E-state index is 0.0150. The van der Waals surface area contributed by atoms with E-state index in [9.17, 15) is 18.0 Å². The van der Waals surface area contributed by atoms with Crippen molar-refractivity contribution < 1.29 is 27.5 Å². The number of amides is 1. The predicted molar refractivity (Wildman–Crippen MR) is 69.2 cm³/mol. The second kappa shape index (κ2) is 5.28. The van der Waals surface area contributed by atoms with E-state index in [4.69, 9.17) is 9.52 Å². The standard InChI is InChI=1S/C12H15NO6S/c1-8-2-3-10(19-8)12(16)13-4-5-20(17,18)7-9(13)6-11(14)15/h2-3,9H,4-7H2,1H3,(H,14,15). The average Bonchev–Trinajstić information content (AvgIpc) is 2.73. The molecule has 7 nitrogen and oxygen atoms in total. The molecule has 20 heavy (non-hydrogen) atoms. The highest BCUT2D eigenvalue weighted by molar-refractivity contribution is 7.91. The lowest BCUT2D eigenvalue weighted by atomic mass is 10.2. The molecule has 1 aromatic rings. The van der Waals surface area contributed by atoms with E-state index in [2.05, 4.69) is 0 Å². The first-order chi connectivity index (χ1) is 9.28.